The van der Waals surface area contributed by atoms with Gasteiger partial charge < -0.3 is 5.32 Å². The average molecular weight is 490 g/mol. The van der Waals surface area contributed by atoms with Crippen LogP contribution in [-0.2, 0) is 0 Å². The molecule has 2 aliphatic carbocycles. The van der Waals surface area contributed by atoms with Crippen LogP contribution in [0.3, 0.4) is 0 Å². The van der Waals surface area contributed by atoms with Crippen LogP contribution < -0.4 is 15.8 Å². The molecule has 1 N–H and O–H groups in total. The van der Waals surface area contributed by atoms with E-state index in [1.807, 2.05) is 38.1 Å². The van der Waals surface area contributed by atoms with E-state index in [4.69, 9.17) is 11.6 Å². The normalized spacial score (nSPS) is 21.5. The molecule has 0 heterocycles. The fraction of sp³-hybridized carbons (Fsp3) is 0.419. The fourth-order valence-electron chi connectivity index (χ4n) is 5.64. The quantitative estimate of drug-likeness (QED) is 0.462. The van der Waals surface area contributed by atoms with Crippen molar-refractivity contribution in [3.05, 3.63) is 80.7 Å². The van der Waals surface area contributed by atoms with Crippen molar-refractivity contribution in [3.63, 3.8) is 0 Å². The summed E-state index contributed by atoms with van der Waals surface area (Å²) < 4.78 is 0. The lowest BCUT2D eigenvalue weighted by Crippen LogP contribution is -2.35. The van der Waals surface area contributed by atoms with Crippen LogP contribution in [0.4, 0.5) is 0 Å². The third-order valence-electron chi connectivity index (χ3n) is 7.81. The lowest BCUT2D eigenvalue weighted by atomic mass is 9.76. The number of Topliss-reactive ketones (excluding diaryl/α,β-unsaturated/α-hetero) is 1. The lowest BCUT2D eigenvalue weighted by molar-refractivity contribution is 0.0937. The number of benzene rings is 2. The van der Waals surface area contributed by atoms with Gasteiger partial charge in [-0.3, -0.25) is 9.59 Å². The third-order valence-corrected chi connectivity index (χ3v) is 8.06. The van der Waals surface area contributed by atoms with Crippen LogP contribution >= 0.6 is 11.6 Å². The van der Waals surface area contributed by atoms with Crippen molar-refractivity contribution in [2.75, 3.05) is 6.54 Å². The molecule has 35 heavy (non-hydrogen) atoms. The summed E-state index contributed by atoms with van der Waals surface area (Å²) in [5, 5.41) is 5.91. The van der Waals surface area contributed by atoms with Gasteiger partial charge in [-0.25, -0.2) is 0 Å². The molecule has 3 nitrogen and oxygen atoms in total. The number of ketones is 1. The van der Waals surface area contributed by atoms with Gasteiger partial charge in [-0.1, -0.05) is 49.2 Å². The Kier molecular flexibility index (Phi) is 8.28. The van der Waals surface area contributed by atoms with E-state index < -0.39 is 0 Å². The van der Waals surface area contributed by atoms with Crippen LogP contribution in [0, 0.1) is 24.7 Å². The Morgan fingerprint density at radius 3 is 2.37 bits per heavy atom. The zero-order chi connectivity index (χ0) is 24.9. The zero-order valence-electron chi connectivity index (χ0n) is 20.9. The Hall–Kier alpha value is -2.65. The van der Waals surface area contributed by atoms with Crippen molar-refractivity contribution in [1.82, 2.24) is 5.32 Å². The molecular weight excluding hydrogens is 454 g/mol. The van der Waals surface area contributed by atoms with Crippen LogP contribution in [0.25, 0.3) is 12.2 Å². The lowest BCUT2D eigenvalue weighted by Gasteiger charge is -2.29. The number of allylic oxidation sites excluding steroid dienone is 1. The fourth-order valence-corrected chi connectivity index (χ4v) is 5.76. The molecule has 4 heteroatoms. The summed E-state index contributed by atoms with van der Waals surface area (Å²) in [4.78, 5) is 25.1. The predicted molar refractivity (Wildman–Crippen MR) is 145 cm³/mol. The van der Waals surface area contributed by atoms with Gasteiger partial charge in [0.15, 0.2) is 5.78 Å². The van der Waals surface area contributed by atoms with Gasteiger partial charge in [0.25, 0.3) is 5.91 Å². The molecule has 2 aromatic carbocycles. The number of rotatable bonds is 8. The number of halogens is 1. The molecular formula is C31H36ClNO2. The van der Waals surface area contributed by atoms with Gasteiger partial charge in [0.05, 0.1) is 0 Å². The second-order valence-electron chi connectivity index (χ2n) is 10.2. The standard InChI is InChI=1S/C31H36ClNO2/c1-4-33-31(35)28-16-13-26-17-20(2)25(19-29(26)21(28)3)10-9-22-5-7-23(8-6-22)18-30(34)24-11-14-27(32)15-12-24/h11-17,19,22-23,25H,2,4-10,18H2,1,3H3,(H,33,35). The van der Waals surface area contributed by atoms with E-state index in [0.29, 0.717) is 35.7 Å². The number of hydrogen-bond acceptors (Lipinski definition) is 2. The minimum Gasteiger partial charge on any atom is -0.352 e. The van der Waals surface area contributed by atoms with Crippen LogP contribution in [0.2, 0.25) is 5.02 Å². The predicted octanol–water partition coefficient (Wildman–Crippen LogP) is 6.00. The van der Waals surface area contributed by atoms with Gasteiger partial charge in [0.2, 0.25) is 0 Å². The number of amides is 1. The molecule has 1 atom stereocenters. The van der Waals surface area contributed by atoms with Gasteiger partial charge in [-0.2, -0.15) is 0 Å². The molecule has 1 amide bonds. The first-order valence-corrected chi connectivity index (χ1v) is 13.3. The zero-order valence-corrected chi connectivity index (χ0v) is 21.7. The van der Waals surface area contributed by atoms with E-state index in [0.717, 1.165) is 46.7 Å². The molecule has 0 aliphatic heterocycles. The highest BCUT2D eigenvalue weighted by Gasteiger charge is 2.25. The molecule has 1 saturated carbocycles. The van der Waals surface area contributed by atoms with Gasteiger partial charge >= 0.3 is 0 Å². The highest BCUT2D eigenvalue weighted by molar-refractivity contribution is 6.30. The van der Waals surface area contributed by atoms with Crippen molar-refractivity contribution >= 4 is 35.4 Å². The van der Waals surface area contributed by atoms with Gasteiger partial charge in [-0.15, -0.1) is 0 Å². The summed E-state index contributed by atoms with van der Waals surface area (Å²) in [6, 6.07) is 11.2. The molecule has 2 aliphatic rings. The maximum Gasteiger partial charge on any atom is 0.251 e. The van der Waals surface area contributed by atoms with E-state index >= 15 is 0 Å². The molecule has 0 spiro atoms. The molecule has 4 rings (SSSR count). The highest BCUT2D eigenvalue weighted by Crippen LogP contribution is 2.35. The monoisotopic (exact) mass is 489 g/mol. The van der Waals surface area contributed by atoms with Crippen LogP contribution in [0.1, 0.15) is 78.1 Å². The van der Waals surface area contributed by atoms with E-state index in [-0.39, 0.29) is 11.7 Å². The first-order valence-electron chi connectivity index (χ1n) is 12.9. The van der Waals surface area contributed by atoms with E-state index in [2.05, 4.69) is 24.0 Å². The topological polar surface area (TPSA) is 46.2 Å². The Morgan fingerprint density at radius 1 is 1.00 bits per heavy atom. The number of nitrogens with one attached hydrogen (secondary N) is 1. The SMILES string of the molecule is C=C1C=c2ccc(C(=O)NCC)c(C)c2=CC1CCC1CCC(CC(=O)c2ccc(Cl)cc2)CC1. The number of hydrogen-bond donors (Lipinski definition) is 1. The van der Waals surface area contributed by atoms with E-state index in [9.17, 15) is 9.59 Å². The summed E-state index contributed by atoms with van der Waals surface area (Å²) in [7, 11) is 0. The first-order chi connectivity index (χ1) is 16.9. The van der Waals surface area contributed by atoms with Crippen molar-refractivity contribution < 1.29 is 9.59 Å². The van der Waals surface area contributed by atoms with E-state index in [1.54, 1.807) is 12.1 Å². The van der Waals surface area contributed by atoms with Gasteiger partial charge in [0, 0.05) is 35.0 Å². The van der Waals surface area contributed by atoms with Crippen molar-refractivity contribution in [3.8, 4) is 0 Å². The third kappa shape index (κ3) is 6.13. The minimum absolute atomic E-state index is 0.00606. The molecule has 0 saturated heterocycles. The van der Waals surface area contributed by atoms with Crippen LogP contribution in [0.5, 0.6) is 0 Å². The molecule has 184 valence electrons. The van der Waals surface area contributed by atoms with Gasteiger partial charge in [-0.05, 0) is 103 Å². The van der Waals surface area contributed by atoms with E-state index in [1.165, 1.54) is 24.5 Å². The maximum absolute atomic E-state index is 12.6. The molecule has 1 fully saturated rings. The Balaban J connectivity index is 1.33. The van der Waals surface area contributed by atoms with Crippen molar-refractivity contribution in [2.45, 2.75) is 58.8 Å². The molecule has 2 aromatic rings. The smallest absolute Gasteiger partial charge is 0.251 e. The van der Waals surface area contributed by atoms with Crippen molar-refractivity contribution in [1.29, 1.82) is 0 Å². The molecule has 0 radical (unpaired) electrons. The van der Waals surface area contributed by atoms with Crippen LogP contribution in [0.15, 0.2) is 48.6 Å². The number of carbonyl (C=O) groups excluding carboxylic acids is 2. The number of fused-ring (bicyclic) bond motifs is 1. The summed E-state index contributed by atoms with van der Waals surface area (Å²) >= 11 is 5.95. The summed E-state index contributed by atoms with van der Waals surface area (Å²) in [5.74, 6) is 1.74. The molecule has 0 aromatic heterocycles. The number of carbonyl (C=O) groups is 2. The molecule has 1 unspecified atom stereocenters. The van der Waals surface area contributed by atoms with Gasteiger partial charge in [0.1, 0.15) is 0 Å². The minimum atomic E-state index is -0.00606. The summed E-state index contributed by atoms with van der Waals surface area (Å²) in [6.45, 7) is 8.96. The molecule has 0 bridgehead atoms. The average Bonchev–Trinajstić information content (AvgIpc) is 2.84. The Morgan fingerprint density at radius 2 is 1.69 bits per heavy atom. The summed E-state index contributed by atoms with van der Waals surface area (Å²) in [5.41, 5.74) is 3.73. The maximum atomic E-state index is 12.6. The second kappa shape index (κ2) is 11.4. The largest absolute Gasteiger partial charge is 0.352 e. The van der Waals surface area contributed by atoms with Crippen LogP contribution in [-0.4, -0.2) is 18.2 Å². The second-order valence-corrected chi connectivity index (χ2v) is 10.6. The highest BCUT2D eigenvalue weighted by atomic mass is 35.5. The summed E-state index contributed by atoms with van der Waals surface area (Å²) in [6.07, 6.45) is 12.1. The first kappa shape index (κ1) is 25.4. The Bertz CT molecular complexity index is 1220. The van der Waals surface area contributed by atoms with Crippen molar-refractivity contribution in [2.24, 2.45) is 17.8 Å². The Labute approximate surface area is 214 Å².